The highest BCUT2D eigenvalue weighted by molar-refractivity contribution is 6.36. The Labute approximate surface area is 236 Å². The standard InChI is InChI=1S/C31H39Cl2N3O2/c1-20(2)35-14-16-36(17-15-35)31(38)23-10-8-21(9-11-23)24-18-26(32)29(27(33)19-24)28(22-6-4-3-5-7-22)25-12-13-34-30(25)37/h8-11,18-20,22,25,28H,3-7,12-17H2,1-2H3,(H,34,37). The maximum Gasteiger partial charge on any atom is 0.253 e. The van der Waals surface area contributed by atoms with Gasteiger partial charge >= 0.3 is 0 Å². The van der Waals surface area contributed by atoms with Gasteiger partial charge < -0.3 is 10.2 Å². The summed E-state index contributed by atoms with van der Waals surface area (Å²) in [5.74, 6) is 0.597. The van der Waals surface area contributed by atoms with E-state index < -0.39 is 0 Å². The summed E-state index contributed by atoms with van der Waals surface area (Å²) in [6, 6.07) is 12.2. The fourth-order valence-electron chi connectivity index (χ4n) is 6.71. The molecule has 0 aromatic heterocycles. The molecule has 2 aromatic rings. The summed E-state index contributed by atoms with van der Waals surface area (Å²) in [5.41, 5.74) is 3.52. The molecule has 2 atom stereocenters. The third-order valence-electron chi connectivity index (χ3n) is 8.89. The Morgan fingerprint density at radius 1 is 0.895 bits per heavy atom. The third kappa shape index (κ3) is 5.76. The molecule has 5 rings (SSSR count). The number of halogens is 2. The average molecular weight is 557 g/mol. The van der Waals surface area contributed by atoms with Crippen LogP contribution in [0.4, 0.5) is 0 Å². The van der Waals surface area contributed by atoms with Crippen molar-refractivity contribution in [2.45, 2.75) is 64.3 Å². The predicted octanol–water partition coefficient (Wildman–Crippen LogP) is 6.63. The fraction of sp³-hybridized carbons (Fsp3) is 0.548. The van der Waals surface area contributed by atoms with Crippen molar-refractivity contribution in [3.63, 3.8) is 0 Å². The molecule has 3 fully saturated rings. The predicted molar refractivity (Wildman–Crippen MR) is 155 cm³/mol. The minimum absolute atomic E-state index is 0.0445. The second kappa shape index (κ2) is 12.0. The molecule has 0 radical (unpaired) electrons. The molecule has 204 valence electrons. The monoisotopic (exact) mass is 555 g/mol. The van der Waals surface area contributed by atoms with Crippen molar-refractivity contribution < 1.29 is 9.59 Å². The van der Waals surface area contributed by atoms with Gasteiger partial charge in [0.2, 0.25) is 5.91 Å². The number of hydrogen-bond donors (Lipinski definition) is 1. The van der Waals surface area contributed by atoms with E-state index in [1.807, 2.05) is 41.3 Å². The molecule has 1 saturated carbocycles. The van der Waals surface area contributed by atoms with Crippen LogP contribution in [0.3, 0.4) is 0 Å². The van der Waals surface area contributed by atoms with Crippen LogP contribution in [0.2, 0.25) is 10.0 Å². The maximum atomic E-state index is 13.1. The van der Waals surface area contributed by atoms with Crippen LogP contribution < -0.4 is 5.32 Å². The number of carbonyl (C=O) groups excluding carboxylic acids is 2. The van der Waals surface area contributed by atoms with Crippen molar-refractivity contribution in [2.75, 3.05) is 32.7 Å². The van der Waals surface area contributed by atoms with Crippen LogP contribution in [0.5, 0.6) is 0 Å². The van der Waals surface area contributed by atoms with Gasteiger partial charge in [-0.25, -0.2) is 0 Å². The van der Waals surface area contributed by atoms with Crippen LogP contribution in [0.1, 0.15) is 74.2 Å². The lowest BCUT2D eigenvalue weighted by Crippen LogP contribution is -2.50. The van der Waals surface area contributed by atoms with E-state index in [1.165, 1.54) is 19.3 Å². The number of nitrogens with zero attached hydrogens (tertiary/aromatic N) is 2. The number of amides is 2. The van der Waals surface area contributed by atoms with E-state index in [2.05, 4.69) is 24.1 Å². The Bertz CT molecular complexity index is 1130. The normalized spacial score (nSPS) is 22.1. The van der Waals surface area contributed by atoms with Gasteiger partial charge in [-0.1, -0.05) is 54.6 Å². The molecule has 3 aliphatic rings. The van der Waals surface area contributed by atoms with Gasteiger partial charge in [-0.2, -0.15) is 0 Å². The van der Waals surface area contributed by atoms with Gasteiger partial charge in [0.1, 0.15) is 0 Å². The molecule has 1 aliphatic carbocycles. The Morgan fingerprint density at radius 2 is 1.53 bits per heavy atom. The molecule has 2 aromatic carbocycles. The fourth-order valence-corrected chi connectivity index (χ4v) is 7.45. The average Bonchev–Trinajstić information content (AvgIpc) is 3.36. The van der Waals surface area contributed by atoms with E-state index in [4.69, 9.17) is 23.2 Å². The van der Waals surface area contributed by atoms with Gasteiger partial charge in [-0.05, 0) is 80.0 Å². The van der Waals surface area contributed by atoms with Crippen molar-refractivity contribution in [3.05, 3.63) is 57.6 Å². The van der Waals surface area contributed by atoms with Crippen LogP contribution in [0.25, 0.3) is 11.1 Å². The van der Waals surface area contributed by atoms with E-state index in [0.29, 0.717) is 27.6 Å². The Morgan fingerprint density at radius 3 is 2.08 bits per heavy atom. The molecule has 2 unspecified atom stereocenters. The highest BCUT2D eigenvalue weighted by Gasteiger charge is 2.40. The summed E-state index contributed by atoms with van der Waals surface area (Å²) in [6.07, 6.45) is 6.71. The van der Waals surface area contributed by atoms with Gasteiger partial charge in [0, 0.05) is 66.2 Å². The Kier molecular flexibility index (Phi) is 8.66. The Balaban J connectivity index is 1.36. The minimum Gasteiger partial charge on any atom is -0.356 e. The zero-order valence-electron chi connectivity index (χ0n) is 22.5. The van der Waals surface area contributed by atoms with E-state index in [-0.39, 0.29) is 23.7 Å². The zero-order valence-corrected chi connectivity index (χ0v) is 24.0. The SMILES string of the molecule is CC(C)N1CCN(C(=O)c2ccc(-c3cc(Cl)c(C(C4CCCCC4)C4CCNC4=O)c(Cl)c3)cc2)CC1. The maximum absolute atomic E-state index is 13.1. The van der Waals surface area contributed by atoms with Crippen molar-refractivity contribution in [1.82, 2.24) is 15.1 Å². The molecule has 5 nitrogen and oxygen atoms in total. The first kappa shape index (κ1) is 27.5. The zero-order chi connectivity index (χ0) is 26.8. The van der Waals surface area contributed by atoms with Crippen LogP contribution in [-0.2, 0) is 4.79 Å². The summed E-state index contributed by atoms with van der Waals surface area (Å²) in [6.45, 7) is 8.45. The van der Waals surface area contributed by atoms with E-state index in [9.17, 15) is 9.59 Å². The van der Waals surface area contributed by atoms with Crippen LogP contribution in [0, 0.1) is 11.8 Å². The quantitative estimate of drug-likeness (QED) is 0.435. The first-order chi connectivity index (χ1) is 18.3. The lowest BCUT2D eigenvalue weighted by molar-refractivity contribution is -0.123. The van der Waals surface area contributed by atoms with Crippen LogP contribution in [0.15, 0.2) is 36.4 Å². The first-order valence-corrected chi connectivity index (χ1v) is 15.0. The van der Waals surface area contributed by atoms with Crippen molar-refractivity contribution in [2.24, 2.45) is 11.8 Å². The highest BCUT2D eigenvalue weighted by Crippen LogP contribution is 2.48. The molecular formula is C31H39Cl2N3O2. The number of nitrogens with one attached hydrogen (secondary N) is 1. The van der Waals surface area contributed by atoms with Gasteiger partial charge in [0.25, 0.3) is 5.91 Å². The summed E-state index contributed by atoms with van der Waals surface area (Å²) >= 11 is 13.9. The van der Waals surface area contributed by atoms with Crippen molar-refractivity contribution >= 4 is 35.0 Å². The lowest BCUT2D eigenvalue weighted by atomic mass is 9.70. The summed E-state index contributed by atoms with van der Waals surface area (Å²) in [4.78, 5) is 30.2. The number of carbonyl (C=O) groups is 2. The molecule has 2 amide bonds. The second-order valence-corrected chi connectivity index (χ2v) is 12.3. The highest BCUT2D eigenvalue weighted by atomic mass is 35.5. The number of piperazine rings is 1. The topological polar surface area (TPSA) is 52.6 Å². The Hall–Kier alpha value is -2.08. The van der Waals surface area contributed by atoms with Gasteiger partial charge in [0.15, 0.2) is 0 Å². The molecule has 7 heteroatoms. The number of rotatable bonds is 6. The summed E-state index contributed by atoms with van der Waals surface area (Å²) < 4.78 is 0. The van der Waals surface area contributed by atoms with Crippen molar-refractivity contribution in [3.8, 4) is 11.1 Å². The molecule has 0 spiro atoms. The number of benzene rings is 2. The molecular weight excluding hydrogens is 517 g/mol. The molecule has 38 heavy (non-hydrogen) atoms. The molecule has 1 N–H and O–H groups in total. The lowest BCUT2D eigenvalue weighted by Gasteiger charge is -2.37. The van der Waals surface area contributed by atoms with E-state index >= 15 is 0 Å². The minimum atomic E-state index is -0.0772. The molecule has 2 aliphatic heterocycles. The molecule has 2 heterocycles. The van der Waals surface area contributed by atoms with Gasteiger partial charge in [-0.15, -0.1) is 0 Å². The first-order valence-electron chi connectivity index (χ1n) is 14.2. The smallest absolute Gasteiger partial charge is 0.253 e. The summed E-state index contributed by atoms with van der Waals surface area (Å²) in [5, 5.41) is 4.28. The van der Waals surface area contributed by atoms with Crippen molar-refractivity contribution in [1.29, 1.82) is 0 Å². The largest absolute Gasteiger partial charge is 0.356 e. The van der Waals surface area contributed by atoms with E-state index in [0.717, 1.165) is 68.7 Å². The third-order valence-corrected chi connectivity index (χ3v) is 9.52. The second-order valence-electron chi connectivity index (χ2n) is 11.5. The van der Waals surface area contributed by atoms with E-state index in [1.54, 1.807) is 0 Å². The van der Waals surface area contributed by atoms with Gasteiger partial charge in [0.05, 0.1) is 0 Å². The summed E-state index contributed by atoms with van der Waals surface area (Å²) in [7, 11) is 0. The van der Waals surface area contributed by atoms with Gasteiger partial charge in [-0.3, -0.25) is 14.5 Å². The molecule has 0 bridgehead atoms. The molecule has 2 saturated heterocycles. The van der Waals surface area contributed by atoms with Crippen LogP contribution in [-0.4, -0.2) is 60.4 Å². The van der Waals surface area contributed by atoms with Crippen LogP contribution >= 0.6 is 23.2 Å². The number of hydrogen-bond acceptors (Lipinski definition) is 3.